The first-order chi connectivity index (χ1) is 26.3. The van der Waals surface area contributed by atoms with Gasteiger partial charge in [-0.2, -0.15) is 9.97 Å². The molecule has 9 aromatic carbocycles. The van der Waals surface area contributed by atoms with E-state index in [1.54, 1.807) is 0 Å². The molecule has 0 bridgehead atoms. The van der Waals surface area contributed by atoms with Crippen LogP contribution in [0.3, 0.4) is 0 Å². The number of rotatable bonds is 4. The van der Waals surface area contributed by atoms with Crippen LogP contribution in [0.15, 0.2) is 182 Å². The first-order valence-electron chi connectivity index (χ1n) is 18.0. The van der Waals surface area contributed by atoms with Crippen molar-refractivity contribution in [2.45, 2.75) is 0 Å². The largest absolute Gasteiger partial charge is 0.278 e. The summed E-state index contributed by atoms with van der Waals surface area (Å²) >= 11 is 0. The quantitative estimate of drug-likeness (QED) is 0.175. The van der Waals surface area contributed by atoms with Crippen molar-refractivity contribution in [3.05, 3.63) is 182 Å². The van der Waals surface area contributed by atoms with Crippen LogP contribution >= 0.6 is 0 Å². The molecule has 11 rings (SSSR count). The molecule has 246 valence electrons. The Morgan fingerprint density at radius 3 is 1.32 bits per heavy atom. The van der Waals surface area contributed by atoms with Crippen LogP contribution in [0, 0.1) is 0 Å². The number of fused-ring (bicyclic) bond motifs is 11. The average molecular weight is 675 g/mol. The van der Waals surface area contributed by atoms with Crippen molar-refractivity contribution >= 4 is 64.9 Å². The van der Waals surface area contributed by atoms with Gasteiger partial charge in [0.1, 0.15) is 0 Å². The molecule has 0 atom stereocenters. The van der Waals surface area contributed by atoms with Crippen molar-refractivity contribution in [3.63, 3.8) is 0 Å². The summed E-state index contributed by atoms with van der Waals surface area (Å²) < 4.78 is 2.16. The molecule has 0 amide bonds. The standard InChI is InChI=1S/C49H30N4/c1-2-14-32(15-3-1)47-50-48(52-49(51-47)53-44-24-12-10-20-38(44)39-21-11-13-25-45(39)53)33-28-26-31(27-29-33)42-30-43-36-18-5-4-16-34(36)35-17-6-8-22-40(35)46(43)41-23-9-7-19-37(41)42/h1-30H. The Kier molecular flexibility index (Phi) is 6.52. The SMILES string of the molecule is c1ccc(-c2nc(-c3ccc(-c4cc5c6ccccc6c6ccccc6c5c5ccccc45)cc3)nc(-n3c4ccccc4c4ccccc43)n2)cc1. The zero-order chi connectivity index (χ0) is 34.9. The molecule has 11 aromatic rings. The smallest absolute Gasteiger partial charge is 0.238 e. The number of para-hydroxylation sites is 2. The fraction of sp³-hybridized carbons (Fsp3) is 0. The minimum atomic E-state index is 0.593. The highest BCUT2D eigenvalue weighted by atomic mass is 15.2. The zero-order valence-corrected chi connectivity index (χ0v) is 28.6. The summed E-state index contributed by atoms with van der Waals surface area (Å²) in [6.45, 7) is 0. The Balaban J connectivity index is 1.11. The van der Waals surface area contributed by atoms with Gasteiger partial charge in [0, 0.05) is 21.9 Å². The molecule has 0 aliphatic heterocycles. The molecule has 0 fully saturated rings. The molecule has 0 aliphatic rings. The van der Waals surface area contributed by atoms with Gasteiger partial charge in [-0.1, -0.05) is 164 Å². The van der Waals surface area contributed by atoms with Gasteiger partial charge < -0.3 is 0 Å². The van der Waals surface area contributed by atoms with E-state index in [1.807, 2.05) is 18.2 Å². The highest BCUT2D eigenvalue weighted by Gasteiger charge is 2.19. The highest BCUT2D eigenvalue weighted by molar-refractivity contribution is 6.33. The van der Waals surface area contributed by atoms with Crippen LogP contribution in [0.25, 0.3) is 105 Å². The van der Waals surface area contributed by atoms with Crippen LogP contribution in [0.5, 0.6) is 0 Å². The van der Waals surface area contributed by atoms with Crippen LogP contribution in [-0.2, 0) is 0 Å². The molecule has 0 N–H and O–H groups in total. The Bertz CT molecular complexity index is 3160. The van der Waals surface area contributed by atoms with E-state index in [0.29, 0.717) is 17.6 Å². The van der Waals surface area contributed by atoms with E-state index in [1.165, 1.54) is 59.4 Å². The molecule has 0 saturated carbocycles. The number of hydrogen-bond donors (Lipinski definition) is 0. The van der Waals surface area contributed by atoms with Crippen LogP contribution in [0.4, 0.5) is 0 Å². The maximum Gasteiger partial charge on any atom is 0.238 e. The second-order valence-electron chi connectivity index (χ2n) is 13.6. The van der Waals surface area contributed by atoms with Crippen LogP contribution in [0.2, 0.25) is 0 Å². The normalized spacial score (nSPS) is 11.8. The Hall–Kier alpha value is -7.17. The molecule has 0 aliphatic carbocycles. The molecule has 0 saturated heterocycles. The van der Waals surface area contributed by atoms with E-state index in [0.717, 1.165) is 27.7 Å². The first kappa shape index (κ1) is 29.5. The van der Waals surface area contributed by atoms with Crippen molar-refractivity contribution in [2.75, 3.05) is 0 Å². The van der Waals surface area contributed by atoms with Crippen LogP contribution in [0.1, 0.15) is 0 Å². The van der Waals surface area contributed by atoms with Gasteiger partial charge in [0.25, 0.3) is 0 Å². The van der Waals surface area contributed by atoms with Gasteiger partial charge in [0.15, 0.2) is 11.6 Å². The topological polar surface area (TPSA) is 43.6 Å². The van der Waals surface area contributed by atoms with Crippen molar-refractivity contribution < 1.29 is 0 Å². The molecule has 4 nitrogen and oxygen atoms in total. The summed E-state index contributed by atoms with van der Waals surface area (Å²) in [5, 5.41) is 12.5. The zero-order valence-electron chi connectivity index (χ0n) is 28.6. The van der Waals surface area contributed by atoms with E-state index in [-0.39, 0.29) is 0 Å². The second kappa shape index (κ2) is 11.7. The molecule has 53 heavy (non-hydrogen) atoms. The maximum atomic E-state index is 5.17. The van der Waals surface area contributed by atoms with Gasteiger partial charge in [0.2, 0.25) is 5.95 Å². The van der Waals surface area contributed by atoms with E-state index >= 15 is 0 Å². The number of benzene rings is 9. The van der Waals surface area contributed by atoms with Crippen molar-refractivity contribution in [3.8, 4) is 39.9 Å². The fourth-order valence-electron chi connectivity index (χ4n) is 8.25. The predicted octanol–water partition coefficient (Wildman–Crippen LogP) is 12.6. The van der Waals surface area contributed by atoms with Gasteiger partial charge in [-0.3, -0.25) is 4.57 Å². The molecular formula is C49H30N4. The molecule has 4 heteroatoms. The third-order valence-corrected chi connectivity index (χ3v) is 10.6. The summed E-state index contributed by atoms with van der Waals surface area (Å²) in [4.78, 5) is 15.3. The number of nitrogens with zero attached hydrogens (tertiary/aromatic N) is 4. The Morgan fingerprint density at radius 1 is 0.302 bits per heavy atom. The van der Waals surface area contributed by atoms with Crippen molar-refractivity contribution in [2.24, 2.45) is 0 Å². The van der Waals surface area contributed by atoms with Crippen molar-refractivity contribution in [1.82, 2.24) is 19.5 Å². The van der Waals surface area contributed by atoms with E-state index in [2.05, 4.69) is 168 Å². The Labute approximate surface area is 305 Å². The average Bonchev–Trinajstić information content (AvgIpc) is 3.58. The maximum absolute atomic E-state index is 5.17. The van der Waals surface area contributed by atoms with Gasteiger partial charge in [0.05, 0.1) is 11.0 Å². The minimum Gasteiger partial charge on any atom is -0.278 e. The molecular weight excluding hydrogens is 645 g/mol. The lowest BCUT2D eigenvalue weighted by atomic mass is 9.87. The van der Waals surface area contributed by atoms with Gasteiger partial charge >= 0.3 is 0 Å². The van der Waals surface area contributed by atoms with Crippen molar-refractivity contribution in [1.29, 1.82) is 0 Å². The predicted molar refractivity (Wildman–Crippen MR) is 220 cm³/mol. The summed E-state index contributed by atoms with van der Waals surface area (Å²) in [6, 6.07) is 64.5. The summed E-state index contributed by atoms with van der Waals surface area (Å²) in [6.07, 6.45) is 0. The first-order valence-corrected chi connectivity index (χ1v) is 18.0. The number of hydrogen-bond acceptors (Lipinski definition) is 3. The van der Waals surface area contributed by atoms with Gasteiger partial charge in [-0.15, -0.1) is 0 Å². The summed E-state index contributed by atoms with van der Waals surface area (Å²) in [5.74, 6) is 1.86. The molecule has 0 spiro atoms. The highest BCUT2D eigenvalue weighted by Crippen LogP contribution is 2.43. The monoisotopic (exact) mass is 674 g/mol. The fourth-order valence-corrected chi connectivity index (χ4v) is 8.25. The van der Waals surface area contributed by atoms with E-state index in [4.69, 9.17) is 15.0 Å². The molecule has 0 unspecified atom stereocenters. The third kappa shape index (κ3) is 4.59. The molecule has 2 aromatic heterocycles. The molecule has 0 radical (unpaired) electrons. The number of aromatic nitrogens is 4. The lowest BCUT2D eigenvalue weighted by Gasteiger charge is -2.16. The van der Waals surface area contributed by atoms with Gasteiger partial charge in [-0.25, -0.2) is 4.98 Å². The lowest BCUT2D eigenvalue weighted by Crippen LogP contribution is -2.06. The van der Waals surface area contributed by atoms with E-state index < -0.39 is 0 Å². The lowest BCUT2D eigenvalue weighted by molar-refractivity contribution is 0.953. The minimum absolute atomic E-state index is 0.593. The molecule has 2 heterocycles. The van der Waals surface area contributed by atoms with Crippen LogP contribution in [-0.4, -0.2) is 19.5 Å². The summed E-state index contributed by atoms with van der Waals surface area (Å²) in [7, 11) is 0. The van der Waals surface area contributed by atoms with E-state index in [9.17, 15) is 0 Å². The summed E-state index contributed by atoms with van der Waals surface area (Å²) in [5.41, 5.74) is 6.33. The van der Waals surface area contributed by atoms with Gasteiger partial charge in [-0.05, 0) is 72.4 Å². The third-order valence-electron chi connectivity index (χ3n) is 10.6. The van der Waals surface area contributed by atoms with Crippen LogP contribution < -0.4 is 0 Å². The second-order valence-corrected chi connectivity index (χ2v) is 13.6. The Morgan fingerprint density at radius 2 is 0.717 bits per heavy atom.